The molecule has 1 aromatic rings. The van der Waals surface area contributed by atoms with Crippen LogP contribution in [0, 0.1) is 6.92 Å². The first kappa shape index (κ1) is 11.2. The van der Waals surface area contributed by atoms with Crippen molar-refractivity contribution < 1.29 is 0 Å². The predicted molar refractivity (Wildman–Crippen MR) is 59.5 cm³/mol. The molecular formula is C12H20N2. The molecule has 78 valence electrons. The van der Waals surface area contributed by atoms with Gasteiger partial charge in [-0.05, 0) is 31.2 Å². The Morgan fingerprint density at radius 1 is 1.29 bits per heavy atom. The van der Waals surface area contributed by atoms with E-state index in [2.05, 4.69) is 37.7 Å². The molecule has 1 rings (SSSR count). The van der Waals surface area contributed by atoms with Gasteiger partial charge in [0.15, 0.2) is 0 Å². The lowest BCUT2D eigenvalue weighted by atomic mass is 10.0. The van der Waals surface area contributed by atoms with Crippen molar-refractivity contribution in [1.29, 1.82) is 0 Å². The molecule has 0 aliphatic heterocycles. The Kier molecular flexibility index (Phi) is 4.05. The van der Waals surface area contributed by atoms with Gasteiger partial charge in [0, 0.05) is 11.4 Å². The van der Waals surface area contributed by atoms with Crippen molar-refractivity contribution in [2.24, 2.45) is 0 Å². The molecule has 0 atom stereocenters. The molecule has 0 bridgehead atoms. The van der Waals surface area contributed by atoms with E-state index in [1.165, 1.54) is 29.8 Å². The van der Waals surface area contributed by atoms with Crippen LogP contribution in [0.1, 0.15) is 56.5 Å². The van der Waals surface area contributed by atoms with Gasteiger partial charge in [-0.25, -0.2) is 9.97 Å². The average molecular weight is 192 g/mol. The summed E-state index contributed by atoms with van der Waals surface area (Å²) in [6.45, 7) is 8.71. The molecule has 1 aromatic heterocycles. The molecule has 2 nitrogen and oxygen atoms in total. The van der Waals surface area contributed by atoms with Crippen LogP contribution in [0.2, 0.25) is 0 Å². The van der Waals surface area contributed by atoms with Crippen molar-refractivity contribution in [2.75, 3.05) is 0 Å². The number of aryl methyl sites for hydroxylation is 1. The summed E-state index contributed by atoms with van der Waals surface area (Å²) in [6.07, 6.45) is 5.23. The van der Waals surface area contributed by atoms with E-state index < -0.39 is 0 Å². The van der Waals surface area contributed by atoms with Gasteiger partial charge in [-0.1, -0.05) is 27.2 Å². The average Bonchev–Trinajstić information content (AvgIpc) is 2.16. The number of rotatable bonds is 4. The maximum Gasteiger partial charge on any atom is 0.115 e. The summed E-state index contributed by atoms with van der Waals surface area (Å²) in [5.74, 6) is 0.498. The number of aromatic nitrogens is 2. The van der Waals surface area contributed by atoms with E-state index in [9.17, 15) is 0 Å². The molecule has 0 unspecified atom stereocenters. The molecule has 2 heteroatoms. The normalized spacial score (nSPS) is 10.9. The molecule has 0 saturated carbocycles. The molecule has 0 N–H and O–H groups in total. The third kappa shape index (κ3) is 2.53. The van der Waals surface area contributed by atoms with Crippen LogP contribution in [-0.2, 0) is 6.42 Å². The largest absolute Gasteiger partial charge is 0.241 e. The predicted octanol–water partition coefficient (Wildman–Crippen LogP) is 3.25. The second-order valence-corrected chi connectivity index (χ2v) is 4.09. The Morgan fingerprint density at radius 3 is 2.57 bits per heavy atom. The molecule has 14 heavy (non-hydrogen) atoms. The van der Waals surface area contributed by atoms with Crippen LogP contribution in [0.4, 0.5) is 0 Å². The minimum absolute atomic E-state index is 0.498. The van der Waals surface area contributed by atoms with E-state index in [-0.39, 0.29) is 0 Å². The Labute approximate surface area is 86.8 Å². The van der Waals surface area contributed by atoms with Crippen LogP contribution in [0.15, 0.2) is 6.33 Å². The van der Waals surface area contributed by atoms with Gasteiger partial charge >= 0.3 is 0 Å². The van der Waals surface area contributed by atoms with Crippen molar-refractivity contribution >= 4 is 0 Å². The third-order valence-electron chi connectivity index (χ3n) is 2.54. The van der Waals surface area contributed by atoms with Crippen molar-refractivity contribution in [2.45, 2.75) is 52.9 Å². The van der Waals surface area contributed by atoms with E-state index in [1.54, 1.807) is 6.33 Å². The van der Waals surface area contributed by atoms with Gasteiger partial charge in [0.1, 0.15) is 6.33 Å². The summed E-state index contributed by atoms with van der Waals surface area (Å²) in [6, 6.07) is 0. The lowest BCUT2D eigenvalue weighted by Crippen LogP contribution is -2.03. The molecule has 0 radical (unpaired) electrons. The van der Waals surface area contributed by atoms with E-state index in [4.69, 9.17) is 0 Å². The summed E-state index contributed by atoms with van der Waals surface area (Å²) in [5, 5.41) is 0. The van der Waals surface area contributed by atoms with Crippen LogP contribution in [0.3, 0.4) is 0 Å². The molecule has 1 heterocycles. The maximum atomic E-state index is 4.35. The third-order valence-corrected chi connectivity index (χ3v) is 2.54. The van der Waals surface area contributed by atoms with Crippen molar-refractivity contribution in [3.63, 3.8) is 0 Å². The van der Waals surface area contributed by atoms with E-state index in [0.29, 0.717) is 5.92 Å². The quantitative estimate of drug-likeness (QED) is 0.731. The fourth-order valence-electron chi connectivity index (χ4n) is 1.68. The van der Waals surface area contributed by atoms with Gasteiger partial charge in [-0.2, -0.15) is 0 Å². The van der Waals surface area contributed by atoms with Gasteiger partial charge in [0.25, 0.3) is 0 Å². The first-order valence-corrected chi connectivity index (χ1v) is 5.47. The number of unbranched alkanes of at least 4 members (excludes halogenated alkanes) is 1. The highest BCUT2D eigenvalue weighted by molar-refractivity contribution is 5.25. The van der Waals surface area contributed by atoms with E-state index in [1.807, 2.05) is 0 Å². The minimum atomic E-state index is 0.498. The van der Waals surface area contributed by atoms with Gasteiger partial charge < -0.3 is 0 Å². The Morgan fingerprint density at radius 2 is 2.00 bits per heavy atom. The van der Waals surface area contributed by atoms with Crippen LogP contribution in [-0.4, -0.2) is 9.97 Å². The molecule has 0 fully saturated rings. The summed E-state index contributed by atoms with van der Waals surface area (Å²) >= 11 is 0. The topological polar surface area (TPSA) is 25.8 Å². The zero-order chi connectivity index (χ0) is 10.6. The Bertz CT molecular complexity index is 292. The number of hydrogen-bond acceptors (Lipinski definition) is 2. The van der Waals surface area contributed by atoms with E-state index >= 15 is 0 Å². The first-order chi connectivity index (χ1) is 6.66. The number of nitrogens with zero attached hydrogens (tertiary/aromatic N) is 2. The highest BCUT2D eigenvalue weighted by Gasteiger charge is 2.09. The molecule has 0 aromatic carbocycles. The van der Waals surface area contributed by atoms with Crippen molar-refractivity contribution in [1.82, 2.24) is 9.97 Å². The van der Waals surface area contributed by atoms with Crippen LogP contribution in [0.5, 0.6) is 0 Å². The molecule has 0 aliphatic carbocycles. The lowest BCUT2D eigenvalue weighted by Gasteiger charge is -2.11. The molecule has 0 spiro atoms. The van der Waals surface area contributed by atoms with Crippen molar-refractivity contribution in [3.05, 3.63) is 23.3 Å². The van der Waals surface area contributed by atoms with Crippen LogP contribution >= 0.6 is 0 Å². The van der Waals surface area contributed by atoms with Gasteiger partial charge in [0.05, 0.1) is 0 Å². The smallest absolute Gasteiger partial charge is 0.115 e. The zero-order valence-electron chi connectivity index (χ0n) is 9.67. The SMILES string of the molecule is CCCCc1ncnc(C(C)C)c1C. The zero-order valence-corrected chi connectivity index (χ0v) is 9.67. The molecular weight excluding hydrogens is 172 g/mol. The monoisotopic (exact) mass is 192 g/mol. The summed E-state index contributed by atoms with van der Waals surface area (Å²) in [5.41, 5.74) is 3.72. The van der Waals surface area contributed by atoms with Gasteiger partial charge in [-0.15, -0.1) is 0 Å². The summed E-state index contributed by atoms with van der Waals surface area (Å²) < 4.78 is 0. The fourth-order valence-corrected chi connectivity index (χ4v) is 1.68. The molecule has 0 amide bonds. The second kappa shape index (κ2) is 5.08. The van der Waals surface area contributed by atoms with Crippen LogP contribution < -0.4 is 0 Å². The van der Waals surface area contributed by atoms with Gasteiger partial charge in [0.2, 0.25) is 0 Å². The standard InChI is InChI=1S/C12H20N2/c1-5-6-7-11-10(4)12(9(2)3)14-8-13-11/h8-9H,5-7H2,1-4H3. The highest BCUT2D eigenvalue weighted by Crippen LogP contribution is 2.18. The maximum absolute atomic E-state index is 4.35. The lowest BCUT2D eigenvalue weighted by molar-refractivity contribution is 0.741. The first-order valence-electron chi connectivity index (χ1n) is 5.47. The molecule has 0 saturated heterocycles. The Balaban J connectivity index is 2.89. The fraction of sp³-hybridized carbons (Fsp3) is 0.667. The van der Waals surface area contributed by atoms with E-state index in [0.717, 1.165) is 6.42 Å². The summed E-state index contributed by atoms with van der Waals surface area (Å²) in [7, 11) is 0. The molecule has 0 aliphatic rings. The highest BCUT2D eigenvalue weighted by atomic mass is 14.8. The number of hydrogen-bond donors (Lipinski definition) is 0. The minimum Gasteiger partial charge on any atom is -0.241 e. The van der Waals surface area contributed by atoms with Crippen molar-refractivity contribution in [3.8, 4) is 0 Å². The summed E-state index contributed by atoms with van der Waals surface area (Å²) in [4.78, 5) is 8.68. The van der Waals surface area contributed by atoms with Crippen LogP contribution in [0.25, 0.3) is 0 Å². The van der Waals surface area contributed by atoms with Gasteiger partial charge in [-0.3, -0.25) is 0 Å². The second-order valence-electron chi connectivity index (χ2n) is 4.09. The Hall–Kier alpha value is -0.920.